The van der Waals surface area contributed by atoms with Crippen molar-refractivity contribution in [2.75, 3.05) is 11.9 Å². The lowest BCUT2D eigenvalue weighted by atomic mass is 10.2. The second-order valence-electron chi connectivity index (χ2n) is 3.46. The molecule has 0 aliphatic carbocycles. The van der Waals surface area contributed by atoms with E-state index in [1.807, 2.05) is 0 Å². The van der Waals surface area contributed by atoms with Crippen molar-refractivity contribution in [3.8, 4) is 0 Å². The maximum atomic E-state index is 12.5. The van der Waals surface area contributed by atoms with Gasteiger partial charge in [-0.2, -0.15) is 13.2 Å². The number of nitrogens with one attached hydrogen (secondary N) is 1. The number of hydrogen-bond donors (Lipinski definition) is 3. The Morgan fingerprint density at radius 2 is 2.11 bits per heavy atom. The molecule has 0 aliphatic heterocycles. The SMILES string of the molecule is NC(CCNc1cc(C(F)(F)F)ccc1Cl)=NO. The highest BCUT2D eigenvalue weighted by Gasteiger charge is 2.30. The van der Waals surface area contributed by atoms with Crippen LogP contribution in [0.15, 0.2) is 23.4 Å². The summed E-state index contributed by atoms with van der Waals surface area (Å²) >= 11 is 5.75. The van der Waals surface area contributed by atoms with Gasteiger partial charge in [0, 0.05) is 13.0 Å². The first kappa shape index (κ1) is 14.4. The molecule has 0 fully saturated rings. The number of nitrogens with two attached hydrogens (primary N) is 1. The minimum atomic E-state index is -4.42. The Kier molecular flexibility index (Phi) is 4.66. The van der Waals surface area contributed by atoms with Gasteiger partial charge in [0.1, 0.15) is 5.84 Å². The topological polar surface area (TPSA) is 70.6 Å². The van der Waals surface area contributed by atoms with E-state index in [0.29, 0.717) is 0 Å². The minimum absolute atomic E-state index is 0.0226. The van der Waals surface area contributed by atoms with E-state index < -0.39 is 11.7 Å². The molecule has 0 aromatic heterocycles. The maximum absolute atomic E-state index is 12.5. The Labute approximate surface area is 106 Å². The molecule has 1 rings (SSSR count). The van der Waals surface area contributed by atoms with Gasteiger partial charge in [-0.25, -0.2) is 0 Å². The second kappa shape index (κ2) is 5.81. The van der Waals surface area contributed by atoms with E-state index in [0.717, 1.165) is 18.2 Å². The summed E-state index contributed by atoms with van der Waals surface area (Å²) in [4.78, 5) is 0. The Hall–Kier alpha value is -1.63. The van der Waals surface area contributed by atoms with E-state index in [1.54, 1.807) is 0 Å². The molecule has 0 unspecified atom stereocenters. The van der Waals surface area contributed by atoms with Gasteiger partial charge in [0.2, 0.25) is 0 Å². The van der Waals surface area contributed by atoms with Gasteiger partial charge < -0.3 is 16.3 Å². The van der Waals surface area contributed by atoms with Crippen molar-refractivity contribution in [1.82, 2.24) is 0 Å². The lowest BCUT2D eigenvalue weighted by Gasteiger charge is -2.12. The quantitative estimate of drug-likeness (QED) is 0.344. The zero-order valence-corrected chi connectivity index (χ0v) is 9.89. The van der Waals surface area contributed by atoms with Gasteiger partial charge in [0.15, 0.2) is 0 Å². The molecule has 1 aromatic rings. The van der Waals surface area contributed by atoms with E-state index in [2.05, 4.69) is 10.5 Å². The van der Waals surface area contributed by atoms with Gasteiger partial charge in [0.05, 0.1) is 16.3 Å². The molecule has 0 saturated heterocycles. The molecule has 0 spiro atoms. The molecule has 100 valence electrons. The average molecular weight is 282 g/mol. The lowest BCUT2D eigenvalue weighted by molar-refractivity contribution is -0.137. The van der Waals surface area contributed by atoms with E-state index >= 15 is 0 Å². The van der Waals surface area contributed by atoms with Crippen molar-refractivity contribution < 1.29 is 18.4 Å². The highest BCUT2D eigenvalue weighted by atomic mass is 35.5. The first-order chi connectivity index (χ1) is 8.34. The van der Waals surface area contributed by atoms with Gasteiger partial charge in [-0.15, -0.1) is 0 Å². The van der Waals surface area contributed by atoms with Crippen LogP contribution in [0, 0.1) is 0 Å². The summed E-state index contributed by atoms with van der Waals surface area (Å²) in [5.74, 6) is -0.0226. The second-order valence-corrected chi connectivity index (χ2v) is 3.87. The van der Waals surface area contributed by atoms with E-state index in [-0.39, 0.29) is 29.5 Å². The molecule has 0 atom stereocenters. The molecular weight excluding hydrogens is 271 g/mol. The Morgan fingerprint density at radius 1 is 1.44 bits per heavy atom. The van der Waals surface area contributed by atoms with Crippen LogP contribution in [0.2, 0.25) is 5.02 Å². The van der Waals surface area contributed by atoms with Crippen LogP contribution in [0.25, 0.3) is 0 Å². The van der Waals surface area contributed by atoms with Crippen LogP contribution < -0.4 is 11.1 Å². The zero-order valence-electron chi connectivity index (χ0n) is 9.13. The molecule has 8 heteroatoms. The predicted molar refractivity (Wildman–Crippen MR) is 63.0 cm³/mol. The molecule has 0 saturated carbocycles. The molecule has 0 bridgehead atoms. The molecule has 0 heterocycles. The summed E-state index contributed by atoms with van der Waals surface area (Å²) in [6, 6.07) is 2.97. The van der Waals surface area contributed by atoms with Crippen LogP contribution >= 0.6 is 11.6 Å². The van der Waals surface area contributed by atoms with Gasteiger partial charge in [0.25, 0.3) is 0 Å². The number of benzene rings is 1. The molecule has 0 radical (unpaired) electrons. The van der Waals surface area contributed by atoms with Crippen molar-refractivity contribution in [3.05, 3.63) is 28.8 Å². The lowest BCUT2D eigenvalue weighted by Crippen LogP contribution is -2.17. The number of amidine groups is 1. The third-order valence-corrected chi connectivity index (χ3v) is 2.45. The molecule has 0 amide bonds. The Bertz CT molecular complexity index is 448. The number of oxime groups is 1. The highest BCUT2D eigenvalue weighted by molar-refractivity contribution is 6.33. The van der Waals surface area contributed by atoms with E-state index in [1.165, 1.54) is 0 Å². The van der Waals surface area contributed by atoms with Crippen LogP contribution in [0.3, 0.4) is 0 Å². The molecule has 4 N–H and O–H groups in total. The van der Waals surface area contributed by atoms with Crippen LogP contribution in [0.1, 0.15) is 12.0 Å². The number of halogens is 4. The van der Waals surface area contributed by atoms with Crippen LogP contribution in [0.5, 0.6) is 0 Å². The van der Waals surface area contributed by atoms with Crippen molar-refractivity contribution >= 4 is 23.1 Å². The Balaban J connectivity index is 2.76. The van der Waals surface area contributed by atoms with E-state index in [9.17, 15) is 13.2 Å². The maximum Gasteiger partial charge on any atom is 0.416 e. The van der Waals surface area contributed by atoms with Gasteiger partial charge in [-0.05, 0) is 18.2 Å². The highest BCUT2D eigenvalue weighted by Crippen LogP contribution is 2.33. The van der Waals surface area contributed by atoms with E-state index in [4.69, 9.17) is 22.5 Å². The van der Waals surface area contributed by atoms with Crippen LogP contribution in [-0.2, 0) is 6.18 Å². The number of hydrogen-bond acceptors (Lipinski definition) is 3. The fourth-order valence-corrected chi connectivity index (χ4v) is 1.40. The monoisotopic (exact) mass is 281 g/mol. The Morgan fingerprint density at radius 3 is 2.67 bits per heavy atom. The van der Waals surface area contributed by atoms with Gasteiger partial charge in [-0.1, -0.05) is 16.8 Å². The number of nitrogens with zero attached hydrogens (tertiary/aromatic N) is 1. The third-order valence-electron chi connectivity index (χ3n) is 2.12. The van der Waals surface area contributed by atoms with Crippen molar-refractivity contribution in [2.45, 2.75) is 12.6 Å². The molecular formula is C10H11ClF3N3O. The fourth-order valence-electron chi connectivity index (χ4n) is 1.21. The molecule has 0 aliphatic rings. The smallest absolute Gasteiger partial charge is 0.409 e. The predicted octanol–water partition coefficient (Wildman–Crippen LogP) is 2.91. The largest absolute Gasteiger partial charge is 0.416 e. The standard InChI is InChI=1S/C10H11ClF3N3O/c11-7-2-1-6(10(12,13)14)5-8(7)16-4-3-9(15)17-18/h1-2,5,16,18H,3-4H2,(H2,15,17). The number of alkyl halides is 3. The third kappa shape index (κ3) is 3.99. The summed E-state index contributed by atoms with van der Waals surface area (Å²) < 4.78 is 37.4. The summed E-state index contributed by atoms with van der Waals surface area (Å²) in [5.41, 5.74) is 4.58. The average Bonchev–Trinajstić information content (AvgIpc) is 2.29. The van der Waals surface area contributed by atoms with Crippen LogP contribution in [0.4, 0.5) is 18.9 Å². The number of anilines is 1. The normalized spacial score (nSPS) is 12.6. The molecule has 4 nitrogen and oxygen atoms in total. The molecule has 18 heavy (non-hydrogen) atoms. The summed E-state index contributed by atoms with van der Waals surface area (Å²) in [5, 5.41) is 13.9. The summed E-state index contributed by atoms with van der Waals surface area (Å²) in [6.45, 7) is 0.205. The first-order valence-electron chi connectivity index (χ1n) is 4.91. The summed E-state index contributed by atoms with van der Waals surface area (Å²) in [6.07, 6.45) is -4.24. The van der Waals surface area contributed by atoms with Crippen molar-refractivity contribution in [1.29, 1.82) is 0 Å². The molecule has 1 aromatic carbocycles. The first-order valence-corrected chi connectivity index (χ1v) is 5.29. The zero-order chi connectivity index (χ0) is 13.8. The summed E-state index contributed by atoms with van der Waals surface area (Å²) in [7, 11) is 0. The van der Waals surface area contributed by atoms with Crippen molar-refractivity contribution in [2.24, 2.45) is 10.9 Å². The minimum Gasteiger partial charge on any atom is -0.409 e. The fraction of sp³-hybridized carbons (Fsp3) is 0.300. The van der Waals surface area contributed by atoms with Gasteiger partial charge >= 0.3 is 6.18 Å². The van der Waals surface area contributed by atoms with Gasteiger partial charge in [-0.3, -0.25) is 0 Å². The van der Waals surface area contributed by atoms with Crippen molar-refractivity contribution in [3.63, 3.8) is 0 Å². The van der Waals surface area contributed by atoms with Crippen LogP contribution in [-0.4, -0.2) is 17.6 Å². The number of rotatable bonds is 4.